The van der Waals surface area contributed by atoms with Crippen LogP contribution in [0.1, 0.15) is 35.1 Å². The lowest BCUT2D eigenvalue weighted by molar-refractivity contribution is -0.384. The van der Waals surface area contributed by atoms with E-state index in [2.05, 4.69) is 59.1 Å². The topological polar surface area (TPSA) is 55.2 Å². The Balaban J connectivity index is 1.81. The van der Waals surface area contributed by atoms with E-state index in [0.717, 1.165) is 12.0 Å². The second-order valence-corrected chi connectivity index (χ2v) is 7.76. The van der Waals surface area contributed by atoms with Crippen LogP contribution in [0.2, 0.25) is 0 Å². The van der Waals surface area contributed by atoms with E-state index in [-0.39, 0.29) is 16.7 Å². The summed E-state index contributed by atoms with van der Waals surface area (Å²) < 4.78 is 1.25. The van der Waals surface area contributed by atoms with Crippen LogP contribution in [0.5, 0.6) is 0 Å². The van der Waals surface area contributed by atoms with Crippen LogP contribution < -0.4 is 5.32 Å². The average Bonchev–Trinajstić information content (AvgIpc) is 3.04. The van der Waals surface area contributed by atoms with Crippen molar-refractivity contribution in [2.75, 3.05) is 5.32 Å². The smallest absolute Gasteiger partial charge is 0.269 e. The molecular formula is C19H17IN2O2. The number of halogens is 1. The normalized spacial score (nSPS) is 24.2. The van der Waals surface area contributed by atoms with E-state index in [4.69, 9.17) is 0 Å². The largest absolute Gasteiger partial charge is 0.377 e. The van der Waals surface area contributed by atoms with Crippen molar-refractivity contribution in [2.45, 2.75) is 25.3 Å². The quantitative estimate of drug-likeness (QED) is 0.302. The van der Waals surface area contributed by atoms with Crippen LogP contribution in [0.4, 0.5) is 11.4 Å². The number of rotatable bonds is 2. The van der Waals surface area contributed by atoms with E-state index in [0.29, 0.717) is 11.8 Å². The van der Waals surface area contributed by atoms with Gasteiger partial charge >= 0.3 is 0 Å². The molecule has 4 nitrogen and oxygen atoms in total. The van der Waals surface area contributed by atoms with Gasteiger partial charge in [-0.15, -0.1) is 0 Å². The lowest BCUT2D eigenvalue weighted by Gasteiger charge is -2.38. The Kier molecular flexibility index (Phi) is 3.83. The van der Waals surface area contributed by atoms with Gasteiger partial charge < -0.3 is 5.32 Å². The Hall–Kier alpha value is -1.89. The van der Waals surface area contributed by atoms with Crippen molar-refractivity contribution in [1.82, 2.24) is 0 Å². The first-order valence-electron chi connectivity index (χ1n) is 8.02. The van der Waals surface area contributed by atoms with Crippen LogP contribution in [0.3, 0.4) is 0 Å². The molecule has 0 saturated carbocycles. The highest BCUT2D eigenvalue weighted by Crippen LogP contribution is 2.51. The summed E-state index contributed by atoms with van der Waals surface area (Å²) in [6.45, 7) is 2.12. The molecule has 2 aromatic carbocycles. The second kappa shape index (κ2) is 5.88. The van der Waals surface area contributed by atoms with Gasteiger partial charge in [0.2, 0.25) is 0 Å². The fourth-order valence-corrected chi connectivity index (χ4v) is 4.81. The Morgan fingerprint density at radius 2 is 2.12 bits per heavy atom. The van der Waals surface area contributed by atoms with Crippen molar-refractivity contribution in [3.63, 3.8) is 0 Å². The van der Waals surface area contributed by atoms with E-state index in [9.17, 15) is 10.1 Å². The molecule has 1 N–H and O–H groups in total. The number of benzene rings is 2. The number of allylic oxidation sites excluding steroid dienone is 2. The van der Waals surface area contributed by atoms with Gasteiger partial charge in [-0.25, -0.2) is 0 Å². The van der Waals surface area contributed by atoms with Crippen molar-refractivity contribution >= 4 is 34.0 Å². The van der Waals surface area contributed by atoms with Crippen LogP contribution in [0, 0.1) is 26.5 Å². The van der Waals surface area contributed by atoms with Crippen molar-refractivity contribution < 1.29 is 4.92 Å². The molecule has 1 aliphatic carbocycles. The molecule has 3 atom stereocenters. The third-order valence-electron chi connectivity index (χ3n) is 5.07. The number of nitrogens with zero attached hydrogens (tertiary/aromatic N) is 1. The predicted molar refractivity (Wildman–Crippen MR) is 103 cm³/mol. The molecule has 1 aliphatic heterocycles. The van der Waals surface area contributed by atoms with Crippen LogP contribution in [-0.4, -0.2) is 4.92 Å². The molecule has 0 spiro atoms. The molecule has 0 aromatic heterocycles. The molecule has 1 heterocycles. The van der Waals surface area contributed by atoms with Gasteiger partial charge in [-0.3, -0.25) is 10.1 Å². The highest BCUT2D eigenvalue weighted by Gasteiger charge is 2.38. The number of hydrogen-bond donors (Lipinski definition) is 1. The van der Waals surface area contributed by atoms with Crippen molar-refractivity contribution in [1.29, 1.82) is 0 Å². The zero-order valence-electron chi connectivity index (χ0n) is 13.2. The molecule has 0 fully saturated rings. The number of anilines is 1. The molecule has 0 bridgehead atoms. The van der Waals surface area contributed by atoms with E-state index in [1.807, 2.05) is 6.07 Å². The minimum Gasteiger partial charge on any atom is -0.377 e. The number of aryl methyl sites for hydroxylation is 1. The Morgan fingerprint density at radius 3 is 2.92 bits per heavy atom. The monoisotopic (exact) mass is 432 g/mol. The van der Waals surface area contributed by atoms with E-state index in [1.54, 1.807) is 18.2 Å². The van der Waals surface area contributed by atoms with Crippen LogP contribution in [0.25, 0.3) is 0 Å². The zero-order valence-corrected chi connectivity index (χ0v) is 15.4. The Morgan fingerprint density at radius 1 is 1.29 bits per heavy atom. The van der Waals surface area contributed by atoms with Gasteiger partial charge in [0.1, 0.15) is 0 Å². The fraction of sp³-hybridized carbons (Fsp3) is 0.263. The van der Waals surface area contributed by atoms with E-state index < -0.39 is 0 Å². The van der Waals surface area contributed by atoms with Crippen molar-refractivity contribution in [2.24, 2.45) is 5.92 Å². The lowest BCUT2D eigenvalue weighted by Crippen LogP contribution is -2.29. The standard InChI is InChI=1S/C19H17IN2O2/c1-11-8-13(20)10-17-15-6-3-7-16(15)19(21-18(11)17)12-4-2-5-14(9-12)22(23)24/h2-6,8-10,15-16,19,21H,7H2,1H3/t15-,16+,19+/m0/s1. The molecule has 0 amide bonds. The predicted octanol–water partition coefficient (Wildman–Crippen LogP) is 5.33. The van der Waals surface area contributed by atoms with Gasteiger partial charge in [-0.2, -0.15) is 0 Å². The molecule has 0 unspecified atom stereocenters. The maximum atomic E-state index is 11.1. The molecule has 0 radical (unpaired) electrons. The highest BCUT2D eigenvalue weighted by atomic mass is 127. The van der Waals surface area contributed by atoms with Gasteiger partial charge in [-0.1, -0.05) is 24.3 Å². The van der Waals surface area contributed by atoms with Crippen molar-refractivity contribution in [3.05, 3.63) is 78.9 Å². The summed E-state index contributed by atoms with van der Waals surface area (Å²) >= 11 is 2.37. The number of nitro benzene ring substituents is 1. The summed E-state index contributed by atoms with van der Waals surface area (Å²) in [7, 11) is 0. The Bertz CT molecular complexity index is 862. The highest BCUT2D eigenvalue weighted by molar-refractivity contribution is 14.1. The molecule has 2 aromatic rings. The summed E-state index contributed by atoms with van der Waals surface area (Å²) in [6.07, 6.45) is 5.53. The number of fused-ring (bicyclic) bond motifs is 3. The maximum absolute atomic E-state index is 11.1. The molecule has 2 aliphatic rings. The fourth-order valence-electron chi connectivity index (χ4n) is 4.00. The summed E-state index contributed by atoms with van der Waals surface area (Å²) in [4.78, 5) is 10.8. The van der Waals surface area contributed by atoms with E-state index >= 15 is 0 Å². The number of nitro groups is 1. The molecule has 0 saturated heterocycles. The maximum Gasteiger partial charge on any atom is 0.269 e. The van der Waals surface area contributed by atoms with Gasteiger partial charge in [-0.05, 0) is 70.7 Å². The van der Waals surface area contributed by atoms with Crippen LogP contribution in [0.15, 0.2) is 48.6 Å². The minimum absolute atomic E-state index is 0.0937. The van der Waals surface area contributed by atoms with E-state index in [1.165, 1.54) is 20.4 Å². The first kappa shape index (κ1) is 15.6. The third-order valence-corrected chi connectivity index (χ3v) is 5.69. The first-order chi connectivity index (χ1) is 11.5. The van der Waals surface area contributed by atoms with Gasteiger partial charge in [0.15, 0.2) is 0 Å². The summed E-state index contributed by atoms with van der Waals surface area (Å²) in [5.74, 6) is 0.774. The molecular weight excluding hydrogens is 415 g/mol. The average molecular weight is 432 g/mol. The SMILES string of the molecule is Cc1cc(I)cc2c1N[C@H](c1cccc([N+](=O)[O-])c1)[C@@H]1CC=C[C@H]21. The zero-order chi connectivity index (χ0) is 16.8. The number of hydrogen-bond acceptors (Lipinski definition) is 3. The molecule has 122 valence electrons. The molecule has 4 rings (SSSR count). The number of nitrogens with one attached hydrogen (secondary N) is 1. The number of non-ortho nitro benzene ring substituents is 1. The van der Waals surface area contributed by atoms with Gasteiger partial charge in [0, 0.05) is 27.3 Å². The van der Waals surface area contributed by atoms with Gasteiger partial charge in [0.05, 0.1) is 11.0 Å². The summed E-state index contributed by atoms with van der Waals surface area (Å²) in [6, 6.07) is 11.6. The molecule has 5 heteroatoms. The van der Waals surface area contributed by atoms with Crippen molar-refractivity contribution in [3.8, 4) is 0 Å². The summed E-state index contributed by atoms with van der Waals surface area (Å²) in [5, 5.41) is 14.8. The molecule has 24 heavy (non-hydrogen) atoms. The lowest BCUT2D eigenvalue weighted by atomic mass is 9.76. The third kappa shape index (κ3) is 2.51. The minimum atomic E-state index is -0.321. The Labute approximate surface area is 154 Å². The van der Waals surface area contributed by atoms with Crippen LogP contribution in [-0.2, 0) is 0 Å². The second-order valence-electron chi connectivity index (χ2n) is 6.51. The van der Waals surface area contributed by atoms with Crippen LogP contribution >= 0.6 is 22.6 Å². The van der Waals surface area contributed by atoms with Gasteiger partial charge in [0.25, 0.3) is 5.69 Å². The summed E-state index contributed by atoms with van der Waals surface area (Å²) in [5.41, 5.74) is 4.90. The first-order valence-corrected chi connectivity index (χ1v) is 9.10.